The molecular weight excluding hydrogens is 354 g/mol. The zero-order valence-corrected chi connectivity index (χ0v) is 17.3. The standard InChI is InChI=1S/C21H31N5O2/c1-15(2)20-17-6-4-5-16(17)18(13-22)21(24-20)26-10-8-25(9-11-26)19(27)14-23-7-12-28-3/h15,23H,4-12,14H2,1-3H3. The van der Waals surface area contributed by atoms with E-state index < -0.39 is 0 Å². The number of piperazine rings is 1. The van der Waals surface area contributed by atoms with Crippen molar-refractivity contribution in [1.82, 2.24) is 15.2 Å². The number of anilines is 1. The Kier molecular flexibility index (Phi) is 6.87. The molecule has 1 aliphatic heterocycles. The third-order valence-corrected chi connectivity index (χ3v) is 5.63. The molecule has 0 radical (unpaired) electrons. The molecule has 1 saturated heterocycles. The van der Waals surface area contributed by atoms with Gasteiger partial charge in [-0.05, 0) is 36.3 Å². The summed E-state index contributed by atoms with van der Waals surface area (Å²) in [5, 5.41) is 12.9. The number of hydrogen-bond donors (Lipinski definition) is 1. The average Bonchev–Trinajstić information content (AvgIpc) is 3.19. The first-order valence-electron chi connectivity index (χ1n) is 10.2. The van der Waals surface area contributed by atoms with Crippen LogP contribution in [-0.2, 0) is 22.4 Å². The van der Waals surface area contributed by atoms with Gasteiger partial charge in [-0.25, -0.2) is 4.98 Å². The Morgan fingerprint density at radius 3 is 2.61 bits per heavy atom. The Bertz CT molecular complexity index is 748. The van der Waals surface area contributed by atoms with E-state index in [0.29, 0.717) is 51.8 Å². The lowest BCUT2D eigenvalue weighted by Crippen LogP contribution is -2.51. The molecule has 0 atom stereocenters. The molecule has 152 valence electrons. The van der Waals surface area contributed by atoms with Crippen LogP contribution >= 0.6 is 0 Å². The number of amides is 1. The summed E-state index contributed by atoms with van der Waals surface area (Å²) >= 11 is 0. The van der Waals surface area contributed by atoms with Gasteiger partial charge in [0.05, 0.1) is 18.7 Å². The highest BCUT2D eigenvalue weighted by Gasteiger charge is 2.29. The summed E-state index contributed by atoms with van der Waals surface area (Å²) in [5.74, 6) is 1.28. The number of carbonyl (C=O) groups is 1. The fraction of sp³-hybridized carbons (Fsp3) is 0.667. The third kappa shape index (κ3) is 4.29. The summed E-state index contributed by atoms with van der Waals surface area (Å²) in [7, 11) is 1.65. The Balaban J connectivity index is 1.70. The quantitative estimate of drug-likeness (QED) is 0.716. The van der Waals surface area contributed by atoms with E-state index in [0.717, 1.165) is 36.3 Å². The van der Waals surface area contributed by atoms with Crippen molar-refractivity contribution in [2.45, 2.75) is 39.0 Å². The second kappa shape index (κ2) is 9.35. The van der Waals surface area contributed by atoms with Crippen LogP contribution in [0.2, 0.25) is 0 Å². The molecule has 0 aromatic carbocycles. The zero-order chi connectivity index (χ0) is 20.1. The van der Waals surface area contributed by atoms with Crippen LogP contribution in [0.5, 0.6) is 0 Å². The highest BCUT2D eigenvalue weighted by molar-refractivity contribution is 5.78. The summed E-state index contributed by atoms with van der Waals surface area (Å²) in [6, 6.07) is 2.43. The van der Waals surface area contributed by atoms with Crippen LogP contribution < -0.4 is 10.2 Å². The lowest BCUT2D eigenvalue weighted by molar-refractivity contribution is -0.130. The SMILES string of the molecule is COCCNCC(=O)N1CCN(c2nc(C(C)C)c3c(c2C#N)CCC3)CC1. The Morgan fingerprint density at radius 1 is 1.25 bits per heavy atom. The second-order valence-corrected chi connectivity index (χ2v) is 7.81. The molecule has 1 aromatic heterocycles. The van der Waals surface area contributed by atoms with E-state index in [1.807, 2.05) is 4.90 Å². The lowest BCUT2D eigenvalue weighted by Gasteiger charge is -2.36. The van der Waals surface area contributed by atoms with Crippen molar-refractivity contribution < 1.29 is 9.53 Å². The molecule has 1 aromatic rings. The number of pyridine rings is 1. The van der Waals surface area contributed by atoms with Gasteiger partial charge in [0.25, 0.3) is 0 Å². The molecule has 2 heterocycles. The number of aromatic nitrogens is 1. The van der Waals surface area contributed by atoms with Gasteiger partial charge in [0, 0.05) is 45.5 Å². The summed E-state index contributed by atoms with van der Waals surface area (Å²) < 4.78 is 4.98. The molecule has 0 saturated carbocycles. The zero-order valence-electron chi connectivity index (χ0n) is 17.3. The van der Waals surface area contributed by atoms with Crippen LogP contribution in [0.4, 0.5) is 5.82 Å². The number of nitriles is 1. The minimum Gasteiger partial charge on any atom is -0.383 e. The Morgan fingerprint density at radius 2 is 1.96 bits per heavy atom. The van der Waals surface area contributed by atoms with Gasteiger partial charge in [-0.2, -0.15) is 5.26 Å². The Hall–Kier alpha value is -2.17. The summed E-state index contributed by atoms with van der Waals surface area (Å²) in [6.45, 7) is 8.68. The number of methoxy groups -OCH3 is 1. The van der Waals surface area contributed by atoms with E-state index in [4.69, 9.17) is 9.72 Å². The molecule has 1 amide bonds. The number of ether oxygens (including phenoxy) is 1. The average molecular weight is 386 g/mol. The minimum atomic E-state index is 0.112. The summed E-state index contributed by atoms with van der Waals surface area (Å²) in [4.78, 5) is 21.4. The van der Waals surface area contributed by atoms with Gasteiger partial charge >= 0.3 is 0 Å². The van der Waals surface area contributed by atoms with Crippen LogP contribution in [0.1, 0.15) is 48.6 Å². The van der Waals surface area contributed by atoms with E-state index in [-0.39, 0.29) is 5.91 Å². The summed E-state index contributed by atoms with van der Waals surface area (Å²) in [6.07, 6.45) is 3.11. The number of nitrogens with zero attached hydrogens (tertiary/aromatic N) is 4. The third-order valence-electron chi connectivity index (χ3n) is 5.63. The normalized spacial score (nSPS) is 16.4. The largest absolute Gasteiger partial charge is 0.383 e. The fourth-order valence-electron chi connectivity index (χ4n) is 4.15. The van der Waals surface area contributed by atoms with Crippen molar-refractivity contribution in [3.05, 3.63) is 22.4 Å². The molecule has 2 aliphatic rings. The summed E-state index contributed by atoms with van der Waals surface area (Å²) in [5.41, 5.74) is 4.39. The number of hydrogen-bond acceptors (Lipinski definition) is 6. The Labute approximate surface area is 167 Å². The molecule has 28 heavy (non-hydrogen) atoms. The fourth-order valence-corrected chi connectivity index (χ4v) is 4.15. The highest BCUT2D eigenvalue weighted by atomic mass is 16.5. The molecule has 0 bridgehead atoms. The van der Waals surface area contributed by atoms with Crippen LogP contribution in [-0.4, -0.2) is 68.8 Å². The smallest absolute Gasteiger partial charge is 0.236 e. The second-order valence-electron chi connectivity index (χ2n) is 7.81. The first kappa shape index (κ1) is 20.6. The van der Waals surface area contributed by atoms with Gasteiger partial charge in [0.2, 0.25) is 5.91 Å². The number of fused-ring (bicyclic) bond motifs is 1. The van der Waals surface area contributed by atoms with E-state index in [9.17, 15) is 10.1 Å². The number of carbonyl (C=O) groups excluding carboxylic acids is 1. The van der Waals surface area contributed by atoms with E-state index in [1.54, 1.807) is 7.11 Å². The lowest BCUT2D eigenvalue weighted by atomic mass is 9.97. The van der Waals surface area contributed by atoms with Crippen LogP contribution in [0.15, 0.2) is 0 Å². The van der Waals surface area contributed by atoms with Gasteiger partial charge in [0.1, 0.15) is 11.9 Å². The first-order valence-corrected chi connectivity index (χ1v) is 10.2. The molecule has 1 fully saturated rings. The van der Waals surface area contributed by atoms with Crippen molar-refractivity contribution in [2.75, 3.05) is 57.9 Å². The van der Waals surface area contributed by atoms with Crippen LogP contribution in [0.25, 0.3) is 0 Å². The van der Waals surface area contributed by atoms with E-state index >= 15 is 0 Å². The van der Waals surface area contributed by atoms with Gasteiger partial charge in [-0.15, -0.1) is 0 Å². The molecule has 7 nitrogen and oxygen atoms in total. The topological polar surface area (TPSA) is 81.5 Å². The molecule has 1 aliphatic carbocycles. The molecule has 7 heteroatoms. The van der Waals surface area contributed by atoms with Crippen molar-refractivity contribution in [3.63, 3.8) is 0 Å². The maximum absolute atomic E-state index is 12.4. The first-order chi connectivity index (χ1) is 13.6. The van der Waals surface area contributed by atoms with Gasteiger partial charge in [-0.1, -0.05) is 13.8 Å². The highest BCUT2D eigenvalue weighted by Crippen LogP contribution is 2.35. The van der Waals surface area contributed by atoms with Gasteiger partial charge in [0.15, 0.2) is 0 Å². The van der Waals surface area contributed by atoms with Crippen molar-refractivity contribution in [1.29, 1.82) is 5.26 Å². The molecule has 3 rings (SSSR count). The van der Waals surface area contributed by atoms with Crippen molar-refractivity contribution in [3.8, 4) is 6.07 Å². The molecular formula is C21H31N5O2. The maximum atomic E-state index is 12.4. The minimum absolute atomic E-state index is 0.112. The van der Waals surface area contributed by atoms with Crippen LogP contribution in [0, 0.1) is 11.3 Å². The molecule has 0 unspecified atom stereocenters. The monoisotopic (exact) mass is 385 g/mol. The predicted molar refractivity (Wildman–Crippen MR) is 109 cm³/mol. The number of nitrogens with one attached hydrogen (secondary N) is 1. The van der Waals surface area contributed by atoms with Crippen molar-refractivity contribution in [2.24, 2.45) is 0 Å². The van der Waals surface area contributed by atoms with Gasteiger partial charge in [-0.3, -0.25) is 4.79 Å². The van der Waals surface area contributed by atoms with E-state index in [1.165, 1.54) is 11.1 Å². The predicted octanol–water partition coefficient (Wildman–Crippen LogP) is 1.45. The molecule has 1 N–H and O–H groups in total. The molecule has 0 spiro atoms. The van der Waals surface area contributed by atoms with Crippen LogP contribution in [0.3, 0.4) is 0 Å². The number of rotatable bonds is 7. The maximum Gasteiger partial charge on any atom is 0.236 e. The van der Waals surface area contributed by atoms with Crippen molar-refractivity contribution >= 4 is 11.7 Å². The van der Waals surface area contributed by atoms with Gasteiger partial charge < -0.3 is 19.9 Å². The van der Waals surface area contributed by atoms with E-state index in [2.05, 4.69) is 30.1 Å².